The number of nitrogens with one attached hydrogen (secondary N) is 2. The molecule has 2 N–H and O–H groups in total. The third-order valence-electron chi connectivity index (χ3n) is 3.10. The van der Waals surface area contributed by atoms with Crippen molar-refractivity contribution >= 4 is 40.3 Å². The SMILES string of the molecule is COc1ccc(C)c(NC(=S)Nc2ccc(OC)c(Cl)c2)c1. The molecule has 0 amide bonds. The Morgan fingerprint density at radius 3 is 2.45 bits per heavy atom. The Morgan fingerprint density at radius 1 is 1.05 bits per heavy atom. The van der Waals surface area contributed by atoms with Crippen molar-refractivity contribution in [2.24, 2.45) is 0 Å². The number of hydrogen-bond acceptors (Lipinski definition) is 3. The topological polar surface area (TPSA) is 42.5 Å². The number of aryl methyl sites for hydroxylation is 1. The molecule has 2 rings (SSSR count). The van der Waals surface area contributed by atoms with E-state index in [2.05, 4.69) is 10.6 Å². The second kappa shape index (κ2) is 7.33. The normalized spacial score (nSPS) is 10.0. The van der Waals surface area contributed by atoms with Crippen LogP contribution in [0.25, 0.3) is 0 Å². The molecule has 6 heteroatoms. The van der Waals surface area contributed by atoms with Crippen LogP contribution in [0.1, 0.15) is 5.56 Å². The minimum Gasteiger partial charge on any atom is -0.497 e. The van der Waals surface area contributed by atoms with Crippen LogP contribution in [0.3, 0.4) is 0 Å². The molecule has 0 saturated heterocycles. The quantitative estimate of drug-likeness (QED) is 0.806. The lowest BCUT2D eigenvalue weighted by molar-refractivity contribution is 0.415. The van der Waals surface area contributed by atoms with E-state index in [0.717, 1.165) is 22.7 Å². The number of benzene rings is 2. The molecule has 0 heterocycles. The lowest BCUT2D eigenvalue weighted by Crippen LogP contribution is -2.19. The maximum atomic E-state index is 6.09. The van der Waals surface area contributed by atoms with Gasteiger partial charge < -0.3 is 20.1 Å². The first-order valence-corrected chi connectivity index (χ1v) is 7.38. The molecular weight excluding hydrogens is 320 g/mol. The third-order valence-corrected chi connectivity index (χ3v) is 3.60. The molecule has 22 heavy (non-hydrogen) atoms. The minimum atomic E-state index is 0.470. The maximum Gasteiger partial charge on any atom is 0.175 e. The molecular formula is C16H17ClN2O2S. The summed E-state index contributed by atoms with van der Waals surface area (Å²) in [6.45, 7) is 1.99. The lowest BCUT2D eigenvalue weighted by atomic mass is 10.2. The molecule has 116 valence electrons. The van der Waals surface area contributed by atoms with Crippen molar-refractivity contribution in [3.63, 3.8) is 0 Å². The Kier molecular flexibility index (Phi) is 5.46. The van der Waals surface area contributed by atoms with E-state index < -0.39 is 0 Å². The Bertz CT molecular complexity index is 692. The number of rotatable bonds is 4. The number of hydrogen-bond donors (Lipinski definition) is 2. The average molecular weight is 337 g/mol. The largest absolute Gasteiger partial charge is 0.497 e. The Morgan fingerprint density at radius 2 is 1.82 bits per heavy atom. The van der Waals surface area contributed by atoms with Crippen LogP contribution < -0.4 is 20.1 Å². The highest BCUT2D eigenvalue weighted by Gasteiger charge is 2.06. The molecule has 4 nitrogen and oxygen atoms in total. The lowest BCUT2D eigenvalue weighted by Gasteiger charge is -2.14. The average Bonchev–Trinajstić information content (AvgIpc) is 2.49. The molecule has 0 atom stereocenters. The summed E-state index contributed by atoms with van der Waals surface area (Å²) in [5.41, 5.74) is 2.73. The summed E-state index contributed by atoms with van der Waals surface area (Å²) in [7, 11) is 3.20. The fraction of sp³-hybridized carbons (Fsp3) is 0.188. The van der Waals surface area contributed by atoms with Crippen molar-refractivity contribution in [1.29, 1.82) is 0 Å². The highest BCUT2D eigenvalue weighted by molar-refractivity contribution is 7.80. The van der Waals surface area contributed by atoms with Gasteiger partial charge in [-0.1, -0.05) is 17.7 Å². The summed E-state index contributed by atoms with van der Waals surface area (Å²) < 4.78 is 10.3. The van der Waals surface area contributed by atoms with E-state index in [0.29, 0.717) is 15.9 Å². The summed E-state index contributed by atoms with van der Waals surface area (Å²) in [6, 6.07) is 11.1. The summed E-state index contributed by atoms with van der Waals surface area (Å²) in [6.07, 6.45) is 0. The number of methoxy groups -OCH3 is 2. The van der Waals surface area contributed by atoms with E-state index in [1.165, 1.54) is 0 Å². The molecule has 0 aliphatic carbocycles. The van der Waals surface area contributed by atoms with Gasteiger partial charge in [-0.15, -0.1) is 0 Å². The van der Waals surface area contributed by atoms with Crippen molar-refractivity contribution in [3.8, 4) is 11.5 Å². The first kappa shape index (κ1) is 16.4. The van der Waals surface area contributed by atoms with E-state index in [1.807, 2.05) is 31.2 Å². The van der Waals surface area contributed by atoms with E-state index >= 15 is 0 Å². The van der Waals surface area contributed by atoms with Crippen LogP contribution in [0.4, 0.5) is 11.4 Å². The zero-order valence-electron chi connectivity index (χ0n) is 12.6. The molecule has 0 spiro atoms. The maximum absolute atomic E-state index is 6.09. The molecule has 0 fully saturated rings. The van der Waals surface area contributed by atoms with Gasteiger partial charge in [-0.3, -0.25) is 0 Å². The number of thiocarbonyl (C=S) groups is 1. The van der Waals surface area contributed by atoms with Gasteiger partial charge >= 0.3 is 0 Å². The molecule has 2 aromatic carbocycles. The predicted octanol–water partition coefficient (Wildman–Crippen LogP) is 4.47. The molecule has 0 aromatic heterocycles. The van der Waals surface area contributed by atoms with Crippen molar-refractivity contribution in [2.45, 2.75) is 6.92 Å². The van der Waals surface area contributed by atoms with Crippen LogP contribution in [-0.4, -0.2) is 19.3 Å². The minimum absolute atomic E-state index is 0.470. The fourth-order valence-electron chi connectivity index (χ4n) is 1.89. The summed E-state index contributed by atoms with van der Waals surface area (Å²) in [4.78, 5) is 0. The molecule has 0 bridgehead atoms. The van der Waals surface area contributed by atoms with Crippen LogP contribution in [0.2, 0.25) is 5.02 Å². The summed E-state index contributed by atoms with van der Waals surface area (Å²) >= 11 is 11.4. The second-order valence-electron chi connectivity index (χ2n) is 4.61. The zero-order valence-corrected chi connectivity index (χ0v) is 14.1. The summed E-state index contributed by atoms with van der Waals surface area (Å²) in [5.74, 6) is 1.39. The second-order valence-corrected chi connectivity index (χ2v) is 5.42. The van der Waals surface area contributed by atoms with Crippen LogP contribution >= 0.6 is 23.8 Å². The number of ether oxygens (including phenoxy) is 2. The van der Waals surface area contributed by atoms with Crippen LogP contribution in [0, 0.1) is 6.92 Å². The van der Waals surface area contributed by atoms with Crippen molar-refractivity contribution in [1.82, 2.24) is 0 Å². The molecule has 0 aliphatic rings. The Labute approximate surface area is 140 Å². The molecule has 2 aromatic rings. The third kappa shape index (κ3) is 4.02. The van der Waals surface area contributed by atoms with Gasteiger partial charge in [-0.2, -0.15) is 0 Å². The van der Waals surface area contributed by atoms with Gasteiger partial charge in [0.1, 0.15) is 11.5 Å². The molecule has 0 radical (unpaired) electrons. The van der Waals surface area contributed by atoms with Gasteiger partial charge in [0.05, 0.1) is 19.2 Å². The van der Waals surface area contributed by atoms with Gasteiger partial charge in [-0.05, 0) is 49.0 Å². The highest BCUT2D eigenvalue weighted by atomic mass is 35.5. The van der Waals surface area contributed by atoms with Crippen molar-refractivity contribution in [3.05, 3.63) is 47.0 Å². The van der Waals surface area contributed by atoms with Crippen molar-refractivity contribution < 1.29 is 9.47 Å². The van der Waals surface area contributed by atoms with Gasteiger partial charge in [-0.25, -0.2) is 0 Å². The van der Waals surface area contributed by atoms with Gasteiger partial charge in [0.25, 0.3) is 0 Å². The van der Waals surface area contributed by atoms with Gasteiger partial charge in [0, 0.05) is 17.4 Å². The zero-order chi connectivity index (χ0) is 16.1. The first-order valence-electron chi connectivity index (χ1n) is 6.59. The van der Waals surface area contributed by atoms with E-state index in [4.69, 9.17) is 33.3 Å². The summed E-state index contributed by atoms with van der Waals surface area (Å²) in [5, 5.41) is 7.23. The first-order chi connectivity index (χ1) is 10.5. The van der Waals surface area contributed by atoms with Gasteiger partial charge in [0.15, 0.2) is 5.11 Å². The molecule has 0 aliphatic heterocycles. The molecule has 0 unspecified atom stereocenters. The number of halogens is 1. The standard InChI is InChI=1S/C16H17ClN2O2S/c1-10-4-6-12(20-2)9-14(10)19-16(22)18-11-5-7-15(21-3)13(17)8-11/h4-9H,1-3H3,(H2,18,19,22). The number of anilines is 2. The van der Waals surface area contributed by atoms with Crippen molar-refractivity contribution in [2.75, 3.05) is 24.9 Å². The molecule has 0 saturated carbocycles. The predicted molar refractivity (Wildman–Crippen MR) is 95.6 cm³/mol. The van der Waals surface area contributed by atoms with Crippen LogP contribution in [0.5, 0.6) is 11.5 Å². The van der Waals surface area contributed by atoms with E-state index in [-0.39, 0.29) is 0 Å². The monoisotopic (exact) mass is 336 g/mol. The Balaban J connectivity index is 2.08. The fourth-order valence-corrected chi connectivity index (χ4v) is 2.38. The van der Waals surface area contributed by atoms with Crippen LogP contribution in [-0.2, 0) is 0 Å². The van der Waals surface area contributed by atoms with E-state index in [1.54, 1.807) is 26.4 Å². The van der Waals surface area contributed by atoms with E-state index in [9.17, 15) is 0 Å². The Hall–Kier alpha value is -1.98. The van der Waals surface area contributed by atoms with Gasteiger partial charge in [0.2, 0.25) is 0 Å². The smallest absolute Gasteiger partial charge is 0.175 e. The van der Waals surface area contributed by atoms with Crippen LogP contribution in [0.15, 0.2) is 36.4 Å². The highest BCUT2D eigenvalue weighted by Crippen LogP contribution is 2.27.